The molecule has 5 nitrogen and oxygen atoms in total. The first-order valence-electron chi connectivity index (χ1n) is 8.25. The van der Waals surface area contributed by atoms with Crippen molar-refractivity contribution in [3.05, 3.63) is 58.1 Å². The lowest BCUT2D eigenvalue weighted by atomic mass is 10.2. The maximum Gasteiger partial charge on any atom is 0.257 e. The molecule has 0 aliphatic carbocycles. The van der Waals surface area contributed by atoms with Gasteiger partial charge in [0.15, 0.2) is 0 Å². The minimum absolute atomic E-state index is 0.0134. The Kier molecular flexibility index (Phi) is 5.87. The van der Waals surface area contributed by atoms with E-state index in [1.54, 1.807) is 24.3 Å². The summed E-state index contributed by atoms with van der Waals surface area (Å²) < 4.78 is 27.4. The van der Waals surface area contributed by atoms with Crippen LogP contribution in [0.2, 0.25) is 10.0 Å². The van der Waals surface area contributed by atoms with Gasteiger partial charge in [0, 0.05) is 18.8 Å². The Bertz CT molecular complexity index is 926. The molecule has 1 saturated heterocycles. The molecule has 26 heavy (non-hydrogen) atoms. The largest absolute Gasteiger partial charge is 0.322 e. The summed E-state index contributed by atoms with van der Waals surface area (Å²) >= 11 is 11.8. The molecule has 138 valence electrons. The van der Waals surface area contributed by atoms with Gasteiger partial charge in [-0.05, 0) is 43.2 Å². The lowest BCUT2D eigenvalue weighted by Gasteiger charge is -2.26. The van der Waals surface area contributed by atoms with E-state index in [2.05, 4.69) is 5.32 Å². The zero-order valence-corrected chi connectivity index (χ0v) is 16.2. The molecule has 0 aromatic heterocycles. The van der Waals surface area contributed by atoms with E-state index >= 15 is 0 Å². The predicted molar refractivity (Wildman–Crippen MR) is 103 cm³/mol. The molecular formula is C18H18Cl2N2O3S. The third kappa shape index (κ3) is 4.04. The summed E-state index contributed by atoms with van der Waals surface area (Å²) in [5, 5.41) is 3.35. The Labute approximate surface area is 163 Å². The van der Waals surface area contributed by atoms with Crippen LogP contribution in [0, 0.1) is 0 Å². The highest BCUT2D eigenvalue weighted by Gasteiger charge is 2.29. The maximum absolute atomic E-state index is 13.0. The number of nitrogens with one attached hydrogen (secondary N) is 1. The molecule has 0 bridgehead atoms. The first-order valence-corrected chi connectivity index (χ1v) is 10.4. The van der Waals surface area contributed by atoms with E-state index < -0.39 is 15.9 Å². The van der Waals surface area contributed by atoms with Gasteiger partial charge in [0.05, 0.1) is 20.5 Å². The Hall–Kier alpha value is -1.60. The van der Waals surface area contributed by atoms with E-state index in [0.717, 1.165) is 19.3 Å². The van der Waals surface area contributed by atoms with Crippen LogP contribution in [0.4, 0.5) is 5.69 Å². The normalized spacial score (nSPS) is 15.6. The third-order valence-electron chi connectivity index (χ3n) is 4.24. The molecule has 2 aromatic carbocycles. The van der Waals surface area contributed by atoms with E-state index in [4.69, 9.17) is 23.2 Å². The Morgan fingerprint density at radius 2 is 1.65 bits per heavy atom. The average Bonchev–Trinajstić information content (AvgIpc) is 2.65. The Morgan fingerprint density at radius 1 is 0.962 bits per heavy atom. The van der Waals surface area contributed by atoms with Gasteiger partial charge in [-0.15, -0.1) is 0 Å². The van der Waals surface area contributed by atoms with Crippen molar-refractivity contribution in [2.45, 2.75) is 24.2 Å². The minimum atomic E-state index is -3.72. The van der Waals surface area contributed by atoms with Crippen molar-refractivity contribution in [3.8, 4) is 0 Å². The van der Waals surface area contributed by atoms with Crippen LogP contribution in [0.25, 0.3) is 0 Å². The van der Waals surface area contributed by atoms with Gasteiger partial charge in [0.2, 0.25) is 10.0 Å². The summed E-state index contributed by atoms with van der Waals surface area (Å²) in [5.74, 6) is -0.514. The van der Waals surface area contributed by atoms with E-state index in [0.29, 0.717) is 28.8 Å². The SMILES string of the molecule is O=C(Nc1ccc(Cl)c(Cl)c1)c1ccccc1S(=O)(=O)N1CCCCC1. The fourth-order valence-electron chi connectivity index (χ4n) is 2.90. The number of benzene rings is 2. The molecule has 1 amide bonds. The van der Waals surface area contributed by atoms with Gasteiger partial charge in [-0.2, -0.15) is 4.31 Å². The number of carbonyl (C=O) groups excluding carboxylic acids is 1. The number of hydrogen-bond acceptors (Lipinski definition) is 3. The van der Waals surface area contributed by atoms with Crippen LogP contribution < -0.4 is 5.32 Å². The lowest BCUT2D eigenvalue weighted by Crippen LogP contribution is -2.36. The summed E-state index contributed by atoms with van der Waals surface area (Å²) in [6.45, 7) is 0.955. The first kappa shape index (κ1) is 19.2. The molecule has 1 N–H and O–H groups in total. The molecule has 1 heterocycles. The number of anilines is 1. The number of amides is 1. The number of hydrogen-bond donors (Lipinski definition) is 1. The number of halogens is 2. The number of carbonyl (C=O) groups is 1. The second-order valence-electron chi connectivity index (χ2n) is 6.04. The molecule has 0 atom stereocenters. The maximum atomic E-state index is 13.0. The minimum Gasteiger partial charge on any atom is -0.322 e. The van der Waals surface area contributed by atoms with Crippen molar-refractivity contribution in [2.24, 2.45) is 0 Å². The van der Waals surface area contributed by atoms with Crippen LogP contribution in [-0.2, 0) is 10.0 Å². The van der Waals surface area contributed by atoms with Crippen molar-refractivity contribution < 1.29 is 13.2 Å². The molecule has 2 aromatic rings. The van der Waals surface area contributed by atoms with E-state index in [1.165, 1.54) is 22.5 Å². The van der Waals surface area contributed by atoms with Gasteiger partial charge in [0.1, 0.15) is 0 Å². The molecule has 0 radical (unpaired) electrons. The molecule has 1 aliphatic rings. The second kappa shape index (κ2) is 7.96. The van der Waals surface area contributed by atoms with Crippen LogP contribution in [0.1, 0.15) is 29.6 Å². The third-order valence-corrected chi connectivity index (χ3v) is 6.94. The highest BCUT2D eigenvalue weighted by atomic mass is 35.5. The van der Waals surface area contributed by atoms with Crippen molar-refractivity contribution in [1.29, 1.82) is 0 Å². The standard InChI is InChI=1S/C18H18Cl2N2O3S/c19-15-9-8-13(12-16(15)20)21-18(23)14-6-2-3-7-17(14)26(24,25)22-10-4-1-5-11-22/h2-3,6-9,12H,1,4-5,10-11H2,(H,21,23). The van der Waals surface area contributed by atoms with Crippen LogP contribution in [0.15, 0.2) is 47.4 Å². The van der Waals surface area contributed by atoms with E-state index in [1.807, 2.05) is 0 Å². The van der Waals surface area contributed by atoms with E-state index in [-0.39, 0.29) is 10.5 Å². The van der Waals surface area contributed by atoms with Gasteiger partial charge >= 0.3 is 0 Å². The van der Waals surface area contributed by atoms with Crippen LogP contribution in [-0.4, -0.2) is 31.7 Å². The van der Waals surface area contributed by atoms with Gasteiger partial charge in [-0.3, -0.25) is 4.79 Å². The number of rotatable bonds is 4. The van der Waals surface area contributed by atoms with Crippen molar-refractivity contribution >= 4 is 44.8 Å². The summed E-state index contributed by atoms with van der Waals surface area (Å²) in [7, 11) is -3.72. The van der Waals surface area contributed by atoms with E-state index in [9.17, 15) is 13.2 Å². The number of piperidine rings is 1. The molecule has 0 saturated carbocycles. The molecule has 0 unspecified atom stereocenters. The Balaban J connectivity index is 1.91. The lowest BCUT2D eigenvalue weighted by molar-refractivity contribution is 0.102. The quantitative estimate of drug-likeness (QED) is 0.807. The van der Waals surface area contributed by atoms with Crippen molar-refractivity contribution in [1.82, 2.24) is 4.31 Å². The summed E-state index contributed by atoms with van der Waals surface area (Å²) in [6, 6.07) is 10.9. The Morgan fingerprint density at radius 3 is 2.35 bits per heavy atom. The van der Waals surface area contributed by atoms with Gasteiger partial charge in [-0.25, -0.2) is 8.42 Å². The first-order chi connectivity index (χ1) is 12.4. The molecule has 3 rings (SSSR count). The molecular weight excluding hydrogens is 395 g/mol. The van der Waals surface area contributed by atoms with Gasteiger partial charge in [0.25, 0.3) is 5.91 Å². The number of nitrogens with zero attached hydrogens (tertiary/aromatic N) is 1. The zero-order chi connectivity index (χ0) is 18.7. The fourth-order valence-corrected chi connectivity index (χ4v) is 4.90. The van der Waals surface area contributed by atoms with Crippen molar-refractivity contribution in [3.63, 3.8) is 0 Å². The summed E-state index contributed by atoms with van der Waals surface area (Å²) in [4.78, 5) is 12.7. The van der Waals surface area contributed by atoms with Crippen molar-refractivity contribution in [2.75, 3.05) is 18.4 Å². The predicted octanol–water partition coefficient (Wildman–Crippen LogP) is 4.42. The smallest absolute Gasteiger partial charge is 0.257 e. The number of sulfonamides is 1. The summed E-state index contributed by atoms with van der Waals surface area (Å²) in [6.07, 6.45) is 2.68. The van der Waals surface area contributed by atoms with Gasteiger partial charge in [-0.1, -0.05) is 41.8 Å². The molecule has 0 spiro atoms. The molecule has 1 fully saturated rings. The zero-order valence-electron chi connectivity index (χ0n) is 13.9. The van der Waals surface area contributed by atoms with Crippen LogP contribution in [0.5, 0.6) is 0 Å². The van der Waals surface area contributed by atoms with Gasteiger partial charge < -0.3 is 5.32 Å². The second-order valence-corrected chi connectivity index (χ2v) is 8.76. The highest BCUT2D eigenvalue weighted by Crippen LogP contribution is 2.27. The summed E-state index contributed by atoms with van der Waals surface area (Å²) in [5.41, 5.74) is 0.540. The van der Waals surface area contributed by atoms with Crippen LogP contribution in [0.3, 0.4) is 0 Å². The molecule has 1 aliphatic heterocycles. The topological polar surface area (TPSA) is 66.5 Å². The highest BCUT2D eigenvalue weighted by molar-refractivity contribution is 7.89. The fraction of sp³-hybridized carbons (Fsp3) is 0.278. The molecule has 8 heteroatoms. The van der Waals surface area contributed by atoms with Crippen LogP contribution >= 0.6 is 23.2 Å². The average molecular weight is 413 g/mol. The monoisotopic (exact) mass is 412 g/mol.